The minimum atomic E-state index is -0.415. The van der Waals surface area contributed by atoms with Gasteiger partial charge in [-0.15, -0.1) is 0 Å². The van der Waals surface area contributed by atoms with Crippen molar-refractivity contribution in [1.29, 1.82) is 0 Å². The Balaban J connectivity index is 1.69. The average molecular weight is 423 g/mol. The quantitative estimate of drug-likeness (QED) is 0.625. The van der Waals surface area contributed by atoms with Crippen LogP contribution < -0.4 is 15.4 Å². The standard InChI is InChI=1S/C25H30N2O4/c1-3-17-31-24(29)27-20-13-15-25(16-14-20,19-9-5-4-6-10-19)18-26-23(28)21-11-7-8-12-22(21)30-2/h3-12,20H,1,13-18H2,2H3,(H,26,28)(H,27,29)/t20-,25+. The van der Waals surface area contributed by atoms with Crippen molar-refractivity contribution in [2.75, 3.05) is 20.3 Å². The summed E-state index contributed by atoms with van der Waals surface area (Å²) in [6.07, 6.45) is 4.43. The van der Waals surface area contributed by atoms with Crippen molar-refractivity contribution in [2.24, 2.45) is 0 Å². The summed E-state index contributed by atoms with van der Waals surface area (Å²) in [5.41, 5.74) is 1.53. The molecule has 3 rings (SSSR count). The lowest BCUT2D eigenvalue weighted by atomic mass is 9.68. The molecule has 6 nitrogen and oxygen atoms in total. The minimum absolute atomic E-state index is 0.0547. The second-order valence-electron chi connectivity index (χ2n) is 7.84. The first-order valence-corrected chi connectivity index (χ1v) is 10.6. The zero-order chi connectivity index (χ0) is 22.1. The first kappa shape index (κ1) is 22.4. The van der Waals surface area contributed by atoms with Crippen molar-refractivity contribution in [3.63, 3.8) is 0 Å². The van der Waals surface area contributed by atoms with Crippen LogP contribution in [0.1, 0.15) is 41.6 Å². The van der Waals surface area contributed by atoms with Crippen LogP contribution >= 0.6 is 0 Å². The van der Waals surface area contributed by atoms with Gasteiger partial charge in [0.2, 0.25) is 0 Å². The molecule has 1 aliphatic carbocycles. The highest BCUT2D eigenvalue weighted by Crippen LogP contribution is 2.39. The summed E-state index contributed by atoms with van der Waals surface area (Å²) in [5, 5.41) is 6.06. The third kappa shape index (κ3) is 5.66. The SMILES string of the molecule is C=CCOC(=O)N[C@H]1CC[C@@](CNC(=O)c2ccccc2OC)(c2ccccc2)CC1. The average Bonchev–Trinajstić information content (AvgIpc) is 2.82. The Morgan fingerprint density at radius 3 is 2.45 bits per heavy atom. The Kier molecular flexibility index (Phi) is 7.70. The van der Waals surface area contributed by atoms with Gasteiger partial charge in [0.05, 0.1) is 12.7 Å². The molecule has 1 saturated carbocycles. The highest BCUT2D eigenvalue weighted by molar-refractivity contribution is 5.97. The van der Waals surface area contributed by atoms with Crippen LogP contribution in [0.5, 0.6) is 5.75 Å². The van der Waals surface area contributed by atoms with Gasteiger partial charge in [0, 0.05) is 18.0 Å². The lowest BCUT2D eigenvalue weighted by Gasteiger charge is -2.41. The molecule has 1 fully saturated rings. The monoisotopic (exact) mass is 422 g/mol. The van der Waals surface area contributed by atoms with E-state index in [9.17, 15) is 9.59 Å². The van der Waals surface area contributed by atoms with E-state index in [2.05, 4.69) is 29.3 Å². The Labute approximate surface area is 183 Å². The van der Waals surface area contributed by atoms with Gasteiger partial charge in [0.15, 0.2) is 0 Å². The molecule has 0 atom stereocenters. The Morgan fingerprint density at radius 1 is 1.10 bits per heavy atom. The maximum atomic E-state index is 12.9. The van der Waals surface area contributed by atoms with Gasteiger partial charge in [-0.05, 0) is 43.4 Å². The Hall–Kier alpha value is -3.28. The number of carbonyl (C=O) groups is 2. The smallest absolute Gasteiger partial charge is 0.407 e. The molecule has 0 heterocycles. The van der Waals surface area contributed by atoms with Gasteiger partial charge < -0.3 is 20.1 Å². The largest absolute Gasteiger partial charge is 0.496 e. The number of benzene rings is 2. The van der Waals surface area contributed by atoms with E-state index in [-0.39, 0.29) is 24.0 Å². The highest BCUT2D eigenvalue weighted by Gasteiger charge is 2.37. The van der Waals surface area contributed by atoms with Gasteiger partial charge in [-0.2, -0.15) is 0 Å². The van der Waals surface area contributed by atoms with E-state index < -0.39 is 6.09 Å². The third-order valence-corrected chi connectivity index (χ3v) is 5.92. The van der Waals surface area contributed by atoms with Gasteiger partial charge in [-0.3, -0.25) is 4.79 Å². The van der Waals surface area contributed by atoms with Crippen LogP contribution in [0.15, 0.2) is 67.3 Å². The molecule has 1 aliphatic rings. The maximum absolute atomic E-state index is 12.9. The van der Waals surface area contributed by atoms with Crippen molar-refractivity contribution in [1.82, 2.24) is 10.6 Å². The fourth-order valence-corrected chi connectivity index (χ4v) is 4.19. The Bertz CT molecular complexity index is 889. The number of hydrogen-bond acceptors (Lipinski definition) is 4. The molecule has 0 aromatic heterocycles. The number of carbonyl (C=O) groups excluding carboxylic acids is 2. The molecule has 2 N–H and O–H groups in total. The summed E-state index contributed by atoms with van der Waals surface area (Å²) in [4.78, 5) is 24.8. The molecule has 0 radical (unpaired) electrons. The van der Waals surface area contributed by atoms with Crippen molar-refractivity contribution in [3.05, 3.63) is 78.4 Å². The molecule has 0 unspecified atom stereocenters. The number of alkyl carbamates (subject to hydrolysis) is 1. The number of nitrogens with one attached hydrogen (secondary N) is 2. The number of hydrogen-bond donors (Lipinski definition) is 2. The molecule has 6 heteroatoms. The summed E-state index contributed by atoms with van der Waals surface area (Å²) in [6.45, 7) is 4.26. The van der Waals surface area contributed by atoms with Crippen LogP contribution in [-0.2, 0) is 10.2 Å². The summed E-state index contributed by atoms with van der Waals surface area (Å²) in [7, 11) is 1.56. The van der Waals surface area contributed by atoms with E-state index in [1.807, 2.05) is 30.3 Å². The van der Waals surface area contributed by atoms with Crippen LogP contribution in [0.3, 0.4) is 0 Å². The van der Waals surface area contributed by atoms with Gasteiger partial charge >= 0.3 is 6.09 Å². The van der Waals surface area contributed by atoms with Crippen LogP contribution in [0.4, 0.5) is 4.79 Å². The molecule has 2 amide bonds. The van der Waals surface area contributed by atoms with Crippen LogP contribution in [-0.4, -0.2) is 38.3 Å². The first-order chi connectivity index (χ1) is 15.1. The van der Waals surface area contributed by atoms with E-state index in [4.69, 9.17) is 9.47 Å². The number of rotatable bonds is 8. The molecule has 2 aromatic carbocycles. The second kappa shape index (κ2) is 10.7. The summed E-state index contributed by atoms with van der Waals surface area (Å²) >= 11 is 0. The lowest BCUT2D eigenvalue weighted by Crippen LogP contribution is -2.47. The molecular weight excluding hydrogens is 392 g/mol. The number of methoxy groups -OCH3 is 1. The van der Waals surface area contributed by atoms with E-state index in [1.165, 1.54) is 5.56 Å². The molecular formula is C25H30N2O4. The van der Waals surface area contributed by atoms with Gasteiger partial charge in [0.1, 0.15) is 12.4 Å². The number of ether oxygens (including phenoxy) is 2. The molecule has 31 heavy (non-hydrogen) atoms. The van der Waals surface area contributed by atoms with Crippen LogP contribution in [0.2, 0.25) is 0 Å². The molecule has 0 saturated heterocycles. The normalized spacial score (nSPS) is 20.4. The fraction of sp³-hybridized carbons (Fsp3) is 0.360. The first-order valence-electron chi connectivity index (χ1n) is 10.6. The molecule has 0 aliphatic heterocycles. The second-order valence-corrected chi connectivity index (χ2v) is 7.84. The van der Waals surface area contributed by atoms with Gasteiger partial charge in [0.25, 0.3) is 5.91 Å². The molecule has 164 valence electrons. The predicted octanol–water partition coefficient (Wildman–Crippen LogP) is 4.22. The topological polar surface area (TPSA) is 76.7 Å². The van der Waals surface area contributed by atoms with E-state index in [0.29, 0.717) is 17.9 Å². The summed E-state index contributed by atoms with van der Waals surface area (Å²) in [5.74, 6) is 0.403. The summed E-state index contributed by atoms with van der Waals surface area (Å²) < 4.78 is 10.4. The van der Waals surface area contributed by atoms with Crippen molar-refractivity contribution < 1.29 is 19.1 Å². The fourth-order valence-electron chi connectivity index (χ4n) is 4.19. The van der Waals surface area contributed by atoms with E-state index in [1.54, 1.807) is 25.3 Å². The maximum Gasteiger partial charge on any atom is 0.407 e. The summed E-state index contributed by atoms with van der Waals surface area (Å²) in [6, 6.07) is 17.5. The van der Waals surface area contributed by atoms with Crippen LogP contribution in [0.25, 0.3) is 0 Å². The van der Waals surface area contributed by atoms with Gasteiger partial charge in [-0.1, -0.05) is 55.1 Å². The molecule has 0 spiro atoms. The van der Waals surface area contributed by atoms with Gasteiger partial charge in [-0.25, -0.2) is 4.79 Å². The van der Waals surface area contributed by atoms with E-state index in [0.717, 1.165) is 25.7 Å². The zero-order valence-corrected chi connectivity index (χ0v) is 17.9. The minimum Gasteiger partial charge on any atom is -0.496 e. The highest BCUT2D eigenvalue weighted by atomic mass is 16.5. The zero-order valence-electron chi connectivity index (χ0n) is 17.9. The third-order valence-electron chi connectivity index (χ3n) is 5.92. The van der Waals surface area contributed by atoms with Crippen molar-refractivity contribution in [3.8, 4) is 5.75 Å². The predicted molar refractivity (Wildman–Crippen MR) is 120 cm³/mol. The van der Waals surface area contributed by atoms with Crippen molar-refractivity contribution >= 4 is 12.0 Å². The lowest BCUT2D eigenvalue weighted by molar-refractivity contribution is 0.0931. The van der Waals surface area contributed by atoms with E-state index >= 15 is 0 Å². The number of para-hydroxylation sites is 1. The number of amides is 2. The Morgan fingerprint density at radius 2 is 1.77 bits per heavy atom. The van der Waals surface area contributed by atoms with Crippen molar-refractivity contribution in [2.45, 2.75) is 37.1 Å². The molecule has 0 bridgehead atoms. The molecule has 2 aromatic rings. The van der Waals surface area contributed by atoms with Crippen LogP contribution in [0, 0.1) is 0 Å².